The molecule has 2 aliphatic heterocycles. The first-order valence-corrected chi connectivity index (χ1v) is 7.40. The molecule has 0 amide bonds. The average Bonchev–Trinajstić information content (AvgIpc) is 2.53. The zero-order valence-electron chi connectivity index (χ0n) is 13.1. The van der Waals surface area contributed by atoms with Crippen LogP contribution in [0.15, 0.2) is 71.9 Å². The number of dihydropyridines is 1. The smallest absolute Gasteiger partial charge is 0.123 e. The molecule has 2 heterocycles. The van der Waals surface area contributed by atoms with Crippen LogP contribution < -0.4 is 5.32 Å². The highest BCUT2D eigenvalue weighted by Gasteiger charge is 2.27. The normalized spacial score (nSPS) is 17.0. The zero-order chi connectivity index (χ0) is 16.4. The van der Waals surface area contributed by atoms with E-state index in [4.69, 9.17) is 4.84 Å². The van der Waals surface area contributed by atoms with Gasteiger partial charge in [-0.1, -0.05) is 12.1 Å². The van der Waals surface area contributed by atoms with Crippen molar-refractivity contribution in [2.24, 2.45) is 0 Å². The zero-order valence-corrected chi connectivity index (χ0v) is 13.1. The summed E-state index contributed by atoms with van der Waals surface area (Å²) in [5, 5.41) is 15.0. The summed E-state index contributed by atoms with van der Waals surface area (Å²) in [6.45, 7) is 3.74. The Bertz CT molecular complexity index is 710. The van der Waals surface area contributed by atoms with Crippen LogP contribution in [0.25, 0.3) is 0 Å². The van der Waals surface area contributed by atoms with Gasteiger partial charge in [0.05, 0.1) is 17.0 Å². The number of benzene rings is 1. The fourth-order valence-corrected chi connectivity index (χ4v) is 2.30. The van der Waals surface area contributed by atoms with E-state index in [0.29, 0.717) is 6.61 Å². The topological polar surface area (TPSA) is 44.7 Å². The van der Waals surface area contributed by atoms with Gasteiger partial charge in [-0.2, -0.15) is 0 Å². The number of rotatable bonds is 4. The van der Waals surface area contributed by atoms with Crippen LogP contribution in [0.5, 0.6) is 0 Å². The molecule has 0 saturated heterocycles. The predicted molar refractivity (Wildman–Crippen MR) is 85.9 cm³/mol. The summed E-state index contributed by atoms with van der Waals surface area (Å²) in [5.74, 6) is -0.273. The molecular formula is C18H19FN2O2. The summed E-state index contributed by atoms with van der Waals surface area (Å²) >= 11 is 0. The standard InChI is InChI=1S/C18H19FN2O2/c1-18(2,22)14-10-16-17(4-3-9-20-16)21(11-14)23-12-13-5-7-15(19)8-6-13/h3-11,20,22H,12H2,1-2H3. The number of allylic oxidation sites excluding steroid dienone is 2. The molecule has 0 bridgehead atoms. The van der Waals surface area contributed by atoms with E-state index >= 15 is 0 Å². The predicted octanol–water partition coefficient (Wildman–Crippen LogP) is 3.11. The summed E-state index contributed by atoms with van der Waals surface area (Å²) < 4.78 is 13.0. The van der Waals surface area contributed by atoms with E-state index in [2.05, 4.69) is 5.32 Å². The van der Waals surface area contributed by atoms with Crippen molar-refractivity contribution in [1.82, 2.24) is 10.4 Å². The van der Waals surface area contributed by atoms with Crippen molar-refractivity contribution in [2.75, 3.05) is 0 Å². The highest BCUT2D eigenvalue weighted by atomic mass is 19.1. The minimum absolute atomic E-state index is 0.273. The molecule has 120 valence electrons. The second kappa shape index (κ2) is 6.02. The third-order valence-electron chi connectivity index (χ3n) is 3.65. The molecule has 0 saturated carbocycles. The van der Waals surface area contributed by atoms with Crippen LogP contribution in [0.3, 0.4) is 0 Å². The second-order valence-electron chi connectivity index (χ2n) is 5.98. The van der Waals surface area contributed by atoms with E-state index in [9.17, 15) is 9.50 Å². The largest absolute Gasteiger partial charge is 0.386 e. The SMILES string of the molecule is CC(C)(O)C1=CN(OCc2ccc(F)cc2)C2=CC=CNC2=C1. The van der Waals surface area contributed by atoms with Crippen molar-refractivity contribution in [3.05, 3.63) is 83.2 Å². The Labute approximate surface area is 134 Å². The van der Waals surface area contributed by atoms with Gasteiger partial charge in [0.25, 0.3) is 0 Å². The Morgan fingerprint density at radius 3 is 2.70 bits per heavy atom. The van der Waals surface area contributed by atoms with Gasteiger partial charge in [-0.15, -0.1) is 0 Å². The van der Waals surface area contributed by atoms with E-state index in [0.717, 1.165) is 22.5 Å². The lowest BCUT2D eigenvalue weighted by Gasteiger charge is -2.33. The van der Waals surface area contributed by atoms with Crippen molar-refractivity contribution < 1.29 is 14.3 Å². The van der Waals surface area contributed by atoms with Crippen LogP contribution in [-0.4, -0.2) is 15.8 Å². The number of fused-ring (bicyclic) bond motifs is 1. The van der Waals surface area contributed by atoms with E-state index in [1.54, 1.807) is 37.2 Å². The van der Waals surface area contributed by atoms with Gasteiger partial charge in [-0.05, 0) is 49.8 Å². The van der Waals surface area contributed by atoms with E-state index < -0.39 is 5.60 Å². The van der Waals surface area contributed by atoms with Gasteiger partial charge in [-0.25, -0.2) is 9.45 Å². The number of nitrogens with one attached hydrogen (secondary N) is 1. The van der Waals surface area contributed by atoms with Gasteiger partial charge in [0, 0.05) is 18.0 Å². The second-order valence-corrected chi connectivity index (χ2v) is 5.98. The molecule has 5 heteroatoms. The van der Waals surface area contributed by atoms with Crippen LogP contribution in [0.1, 0.15) is 19.4 Å². The number of halogens is 1. The van der Waals surface area contributed by atoms with Gasteiger partial charge in [0.15, 0.2) is 0 Å². The minimum atomic E-state index is -0.987. The fourth-order valence-electron chi connectivity index (χ4n) is 2.30. The first-order chi connectivity index (χ1) is 10.9. The number of aliphatic hydroxyl groups is 1. The molecule has 1 aromatic carbocycles. The summed E-state index contributed by atoms with van der Waals surface area (Å²) in [6, 6.07) is 6.18. The van der Waals surface area contributed by atoms with Crippen molar-refractivity contribution >= 4 is 0 Å². The van der Waals surface area contributed by atoms with Crippen LogP contribution in [0.2, 0.25) is 0 Å². The molecule has 2 N–H and O–H groups in total. The Balaban J connectivity index is 1.82. The molecule has 4 nitrogen and oxygen atoms in total. The maximum atomic E-state index is 13.0. The van der Waals surface area contributed by atoms with Crippen LogP contribution >= 0.6 is 0 Å². The summed E-state index contributed by atoms with van der Waals surface area (Å²) in [4.78, 5) is 5.84. The fraction of sp³-hybridized carbons (Fsp3) is 0.222. The van der Waals surface area contributed by atoms with Gasteiger partial charge in [0.1, 0.15) is 12.4 Å². The van der Waals surface area contributed by atoms with Crippen molar-refractivity contribution in [2.45, 2.75) is 26.1 Å². The van der Waals surface area contributed by atoms with E-state index in [1.165, 1.54) is 12.1 Å². The third kappa shape index (κ3) is 3.52. The number of hydroxylamine groups is 2. The lowest BCUT2D eigenvalue weighted by molar-refractivity contribution is -0.105. The maximum Gasteiger partial charge on any atom is 0.123 e. The van der Waals surface area contributed by atoms with Crippen molar-refractivity contribution in [1.29, 1.82) is 0 Å². The molecule has 0 spiro atoms. The molecular weight excluding hydrogens is 295 g/mol. The number of nitrogens with zero attached hydrogens (tertiary/aromatic N) is 1. The van der Waals surface area contributed by atoms with Crippen LogP contribution in [0.4, 0.5) is 4.39 Å². The Morgan fingerprint density at radius 1 is 1.26 bits per heavy atom. The minimum Gasteiger partial charge on any atom is -0.386 e. The lowest BCUT2D eigenvalue weighted by atomic mass is 9.95. The third-order valence-corrected chi connectivity index (χ3v) is 3.65. The Hall–Kier alpha value is -2.37. The molecule has 0 aromatic heterocycles. The van der Waals surface area contributed by atoms with Gasteiger partial charge in [0.2, 0.25) is 0 Å². The molecule has 23 heavy (non-hydrogen) atoms. The molecule has 3 rings (SSSR count). The highest BCUT2D eigenvalue weighted by Crippen LogP contribution is 2.30. The number of hydrogen-bond donors (Lipinski definition) is 2. The monoisotopic (exact) mass is 314 g/mol. The lowest BCUT2D eigenvalue weighted by Crippen LogP contribution is -2.32. The molecule has 0 radical (unpaired) electrons. The van der Waals surface area contributed by atoms with Gasteiger partial charge < -0.3 is 10.4 Å². The molecule has 1 aromatic rings. The molecule has 0 aliphatic carbocycles. The molecule has 0 atom stereocenters. The molecule has 2 aliphatic rings. The van der Waals surface area contributed by atoms with E-state index in [1.807, 2.05) is 24.4 Å². The summed E-state index contributed by atoms with van der Waals surface area (Å²) in [7, 11) is 0. The number of hydrogen-bond acceptors (Lipinski definition) is 4. The van der Waals surface area contributed by atoms with Gasteiger partial charge >= 0.3 is 0 Å². The maximum absolute atomic E-state index is 13.0. The van der Waals surface area contributed by atoms with Gasteiger partial charge in [-0.3, -0.25) is 4.84 Å². The van der Waals surface area contributed by atoms with Crippen LogP contribution in [-0.2, 0) is 11.4 Å². The quantitative estimate of drug-likeness (QED) is 0.896. The molecule has 0 fully saturated rings. The average molecular weight is 314 g/mol. The van der Waals surface area contributed by atoms with Crippen LogP contribution in [0, 0.1) is 5.82 Å². The Morgan fingerprint density at radius 2 is 2.00 bits per heavy atom. The summed E-state index contributed by atoms with van der Waals surface area (Å²) in [6.07, 6.45) is 9.28. The first kappa shape index (κ1) is 15.5. The van der Waals surface area contributed by atoms with Crippen molar-refractivity contribution in [3.8, 4) is 0 Å². The van der Waals surface area contributed by atoms with Crippen molar-refractivity contribution in [3.63, 3.8) is 0 Å². The molecule has 0 unspecified atom stereocenters. The summed E-state index contributed by atoms with van der Waals surface area (Å²) in [5.41, 5.74) is 2.31. The first-order valence-electron chi connectivity index (χ1n) is 7.40. The Kier molecular flexibility index (Phi) is 4.07. The van der Waals surface area contributed by atoms with E-state index in [-0.39, 0.29) is 5.82 Å². The highest BCUT2D eigenvalue weighted by molar-refractivity contribution is 5.46.